The summed E-state index contributed by atoms with van der Waals surface area (Å²) in [4.78, 5) is 31.5. The molecule has 3 aromatic rings. The maximum atomic E-state index is 13.0. The summed E-state index contributed by atoms with van der Waals surface area (Å²) in [7, 11) is 0. The van der Waals surface area contributed by atoms with E-state index in [1.807, 2.05) is 85.8 Å². The Morgan fingerprint density at radius 3 is 2.36 bits per heavy atom. The van der Waals surface area contributed by atoms with E-state index < -0.39 is 0 Å². The third-order valence-corrected chi connectivity index (χ3v) is 4.53. The van der Waals surface area contributed by atoms with Gasteiger partial charge in [-0.2, -0.15) is 0 Å². The van der Waals surface area contributed by atoms with Gasteiger partial charge >= 0.3 is 0 Å². The average molecular weight is 369 g/mol. The lowest BCUT2D eigenvalue weighted by Gasteiger charge is -2.16. The van der Waals surface area contributed by atoms with E-state index >= 15 is 0 Å². The van der Waals surface area contributed by atoms with Crippen LogP contribution in [-0.2, 0) is 9.59 Å². The van der Waals surface area contributed by atoms with Gasteiger partial charge in [0, 0.05) is 11.3 Å². The van der Waals surface area contributed by atoms with Crippen molar-refractivity contribution in [2.75, 3.05) is 16.8 Å². The molecule has 1 N–H and O–H groups in total. The lowest BCUT2D eigenvalue weighted by atomic mass is 10.1. The third-order valence-electron chi connectivity index (χ3n) is 4.53. The molecule has 2 amide bonds. The Balaban J connectivity index is 1.59. The van der Waals surface area contributed by atoms with Crippen molar-refractivity contribution in [2.45, 2.75) is 6.92 Å². The maximum Gasteiger partial charge on any atom is 0.278 e. The average Bonchev–Trinajstić information content (AvgIpc) is 2.96. The molecule has 0 radical (unpaired) electrons. The third kappa shape index (κ3) is 3.55. The fourth-order valence-corrected chi connectivity index (χ4v) is 3.14. The Bertz CT molecular complexity index is 1060. The number of rotatable bonds is 4. The van der Waals surface area contributed by atoms with Crippen LogP contribution in [0.3, 0.4) is 0 Å². The summed E-state index contributed by atoms with van der Waals surface area (Å²) >= 11 is 0. The molecule has 5 heteroatoms. The van der Waals surface area contributed by atoms with E-state index in [1.165, 1.54) is 4.90 Å². The van der Waals surface area contributed by atoms with Crippen molar-refractivity contribution in [3.8, 4) is 0 Å². The van der Waals surface area contributed by atoms with Crippen molar-refractivity contribution < 1.29 is 9.59 Å². The predicted molar refractivity (Wildman–Crippen MR) is 111 cm³/mol. The second-order valence-corrected chi connectivity index (χ2v) is 6.62. The highest BCUT2D eigenvalue weighted by Gasteiger charge is 2.34. The normalized spacial score (nSPS) is 14.2. The van der Waals surface area contributed by atoms with E-state index in [1.54, 1.807) is 0 Å². The minimum absolute atomic E-state index is 0.0719. The number of anilines is 2. The number of nitrogens with zero attached hydrogens (tertiary/aromatic N) is 2. The number of aryl methyl sites for hydroxylation is 1. The second-order valence-electron chi connectivity index (χ2n) is 6.62. The summed E-state index contributed by atoms with van der Waals surface area (Å²) in [5.41, 5.74) is 4.30. The zero-order chi connectivity index (χ0) is 19.5. The second kappa shape index (κ2) is 7.48. The van der Waals surface area contributed by atoms with Crippen LogP contribution in [0.25, 0.3) is 0 Å². The molecule has 0 aromatic heterocycles. The van der Waals surface area contributed by atoms with Gasteiger partial charge in [0.2, 0.25) is 5.91 Å². The Morgan fingerprint density at radius 2 is 1.61 bits per heavy atom. The van der Waals surface area contributed by atoms with E-state index in [0.29, 0.717) is 22.8 Å². The number of nitrogens with one attached hydrogen (secondary N) is 1. The molecule has 4 rings (SSSR count). The number of carbonyl (C=O) groups is 2. The first-order chi connectivity index (χ1) is 13.6. The van der Waals surface area contributed by atoms with Crippen molar-refractivity contribution in [3.05, 3.63) is 90.0 Å². The molecule has 0 atom stereocenters. The number of benzene rings is 3. The van der Waals surface area contributed by atoms with Crippen LogP contribution in [0.15, 0.2) is 83.9 Å². The van der Waals surface area contributed by atoms with Crippen LogP contribution in [-0.4, -0.2) is 24.1 Å². The largest absolute Gasteiger partial charge is 0.325 e. The van der Waals surface area contributed by atoms with Gasteiger partial charge < -0.3 is 5.32 Å². The van der Waals surface area contributed by atoms with Crippen LogP contribution in [0, 0.1) is 6.92 Å². The van der Waals surface area contributed by atoms with Crippen molar-refractivity contribution >= 4 is 34.6 Å². The fraction of sp³-hybridized carbons (Fsp3) is 0.0870. The van der Waals surface area contributed by atoms with Crippen LogP contribution >= 0.6 is 0 Å². The van der Waals surface area contributed by atoms with E-state index in [9.17, 15) is 9.59 Å². The van der Waals surface area contributed by atoms with Crippen LogP contribution in [0.2, 0.25) is 0 Å². The molecule has 0 spiro atoms. The van der Waals surface area contributed by atoms with E-state index in [-0.39, 0.29) is 18.4 Å². The Morgan fingerprint density at radius 1 is 0.929 bits per heavy atom. The summed E-state index contributed by atoms with van der Waals surface area (Å²) in [6.07, 6.45) is 0. The van der Waals surface area contributed by atoms with Gasteiger partial charge in [-0.1, -0.05) is 54.1 Å². The van der Waals surface area contributed by atoms with Crippen molar-refractivity contribution in [3.63, 3.8) is 0 Å². The Kier molecular flexibility index (Phi) is 4.72. The number of aliphatic imine (C=N–C) groups is 1. The molecular formula is C23H19N3O2. The number of carbonyl (C=O) groups excluding carboxylic acids is 2. The number of hydrogen-bond donors (Lipinski definition) is 1. The first-order valence-corrected chi connectivity index (χ1v) is 9.03. The maximum absolute atomic E-state index is 13.0. The lowest BCUT2D eigenvalue weighted by molar-refractivity contribution is -0.118. The quantitative estimate of drug-likeness (QED) is 0.753. The molecule has 3 aromatic carbocycles. The first kappa shape index (κ1) is 17.7. The summed E-state index contributed by atoms with van der Waals surface area (Å²) in [5, 5.41) is 2.84. The van der Waals surface area contributed by atoms with Crippen LogP contribution in [0.1, 0.15) is 11.1 Å². The SMILES string of the molecule is Cc1ccc(NC(=O)CN2C(=O)C(=Nc3ccccc3)c3ccccc32)cc1. The van der Waals surface area contributed by atoms with Gasteiger partial charge in [-0.25, -0.2) is 4.99 Å². The zero-order valence-corrected chi connectivity index (χ0v) is 15.4. The molecule has 138 valence electrons. The Labute approximate surface area is 163 Å². The van der Waals surface area contributed by atoms with Gasteiger partial charge in [0.25, 0.3) is 5.91 Å². The standard InChI is InChI=1S/C23H19N3O2/c1-16-11-13-18(14-12-16)24-21(27)15-26-20-10-6-5-9-19(20)22(23(26)28)25-17-7-3-2-4-8-17/h2-14H,15H2,1H3,(H,24,27). The van der Waals surface area contributed by atoms with E-state index in [2.05, 4.69) is 10.3 Å². The van der Waals surface area contributed by atoms with Crippen LogP contribution in [0.5, 0.6) is 0 Å². The van der Waals surface area contributed by atoms with Gasteiger partial charge in [-0.05, 0) is 37.3 Å². The number of para-hydroxylation sites is 2. The molecular weight excluding hydrogens is 350 g/mol. The minimum atomic E-state index is -0.274. The van der Waals surface area contributed by atoms with Gasteiger partial charge in [-0.3, -0.25) is 14.5 Å². The van der Waals surface area contributed by atoms with Gasteiger partial charge in [-0.15, -0.1) is 0 Å². The lowest BCUT2D eigenvalue weighted by Crippen LogP contribution is -2.37. The van der Waals surface area contributed by atoms with Gasteiger partial charge in [0.15, 0.2) is 0 Å². The molecule has 0 aliphatic carbocycles. The fourth-order valence-electron chi connectivity index (χ4n) is 3.14. The number of hydrogen-bond acceptors (Lipinski definition) is 3. The molecule has 0 saturated carbocycles. The molecule has 1 aliphatic heterocycles. The minimum Gasteiger partial charge on any atom is -0.325 e. The van der Waals surface area contributed by atoms with Gasteiger partial charge in [0.05, 0.1) is 11.4 Å². The smallest absolute Gasteiger partial charge is 0.278 e. The summed E-state index contributed by atoms with van der Waals surface area (Å²) in [5.74, 6) is -0.530. The van der Waals surface area contributed by atoms with Crippen LogP contribution < -0.4 is 10.2 Å². The highest BCUT2D eigenvalue weighted by molar-refractivity contribution is 6.55. The highest BCUT2D eigenvalue weighted by atomic mass is 16.2. The van der Waals surface area contributed by atoms with E-state index in [4.69, 9.17) is 0 Å². The summed E-state index contributed by atoms with van der Waals surface area (Å²) in [6, 6.07) is 24.3. The Hall–Kier alpha value is -3.73. The summed E-state index contributed by atoms with van der Waals surface area (Å²) < 4.78 is 0. The predicted octanol–water partition coefficient (Wildman–Crippen LogP) is 4.10. The highest BCUT2D eigenvalue weighted by Crippen LogP contribution is 2.30. The monoisotopic (exact) mass is 369 g/mol. The molecule has 1 heterocycles. The first-order valence-electron chi connectivity index (χ1n) is 9.03. The molecule has 0 bridgehead atoms. The van der Waals surface area contributed by atoms with Crippen molar-refractivity contribution in [1.82, 2.24) is 0 Å². The molecule has 28 heavy (non-hydrogen) atoms. The van der Waals surface area contributed by atoms with Gasteiger partial charge in [0.1, 0.15) is 12.3 Å². The molecule has 1 aliphatic rings. The van der Waals surface area contributed by atoms with E-state index in [0.717, 1.165) is 11.1 Å². The number of fused-ring (bicyclic) bond motifs is 1. The van der Waals surface area contributed by atoms with Crippen LogP contribution in [0.4, 0.5) is 17.1 Å². The zero-order valence-electron chi connectivity index (χ0n) is 15.4. The summed E-state index contributed by atoms with van der Waals surface area (Å²) in [6.45, 7) is 1.91. The molecule has 0 unspecified atom stereocenters. The molecule has 0 saturated heterocycles. The van der Waals surface area contributed by atoms with Crippen molar-refractivity contribution in [1.29, 1.82) is 0 Å². The molecule has 5 nitrogen and oxygen atoms in total. The molecule has 0 fully saturated rings. The number of amides is 2. The van der Waals surface area contributed by atoms with Crippen molar-refractivity contribution in [2.24, 2.45) is 4.99 Å². The topological polar surface area (TPSA) is 61.8 Å².